The van der Waals surface area contributed by atoms with Gasteiger partial charge in [0.15, 0.2) is 9.84 Å². The summed E-state index contributed by atoms with van der Waals surface area (Å²) >= 11 is 3.47. The quantitative estimate of drug-likeness (QED) is 0.778. The van der Waals surface area contributed by atoms with E-state index in [2.05, 4.69) is 15.9 Å². The van der Waals surface area contributed by atoms with E-state index in [1.165, 1.54) is 12.1 Å². The lowest BCUT2D eigenvalue weighted by Gasteiger charge is -2.31. The van der Waals surface area contributed by atoms with Crippen LogP contribution in [-0.2, 0) is 9.84 Å². The molecule has 0 saturated carbocycles. The predicted octanol–water partition coefficient (Wildman–Crippen LogP) is 2.34. The van der Waals surface area contributed by atoms with Crippen molar-refractivity contribution in [3.05, 3.63) is 29.8 Å². The summed E-state index contributed by atoms with van der Waals surface area (Å²) in [6.07, 6.45) is 3.13. The minimum atomic E-state index is -3.28. The number of alkyl halides is 1. The molecule has 0 unspecified atom stereocenters. The summed E-state index contributed by atoms with van der Waals surface area (Å²) in [5, 5.41) is 0.971. The number of halogens is 1. The lowest BCUT2D eigenvalue weighted by Crippen LogP contribution is -2.38. The minimum Gasteiger partial charge on any atom is -0.339 e. The summed E-state index contributed by atoms with van der Waals surface area (Å²) in [5.41, 5.74) is 0.449. The van der Waals surface area contributed by atoms with E-state index in [9.17, 15) is 13.2 Å². The maximum Gasteiger partial charge on any atom is 0.253 e. The fraction of sp³-hybridized carbons (Fsp3) is 0.500. The van der Waals surface area contributed by atoms with Gasteiger partial charge in [0.05, 0.1) is 4.90 Å². The Labute approximate surface area is 128 Å². The molecule has 4 nitrogen and oxygen atoms in total. The highest BCUT2D eigenvalue weighted by Crippen LogP contribution is 2.21. The van der Waals surface area contributed by atoms with Crippen molar-refractivity contribution in [2.45, 2.75) is 17.7 Å². The first-order valence-electron chi connectivity index (χ1n) is 6.57. The summed E-state index contributed by atoms with van der Waals surface area (Å²) in [5.74, 6) is 0.546. The van der Waals surface area contributed by atoms with E-state index >= 15 is 0 Å². The summed E-state index contributed by atoms with van der Waals surface area (Å²) < 4.78 is 23.1. The Morgan fingerprint density at radius 2 is 2.00 bits per heavy atom. The van der Waals surface area contributed by atoms with Gasteiger partial charge in [-0.05, 0) is 37.0 Å². The molecule has 1 fully saturated rings. The molecule has 0 spiro atoms. The number of sulfone groups is 1. The second-order valence-electron chi connectivity index (χ2n) is 5.19. The molecule has 1 aliphatic heterocycles. The number of likely N-dealkylation sites (tertiary alicyclic amines) is 1. The van der Waals surface area contributed by atoms with Crippen LogP contribution in [0.25, 0.3) is 0 Å². The van der Waals surface area contributed by atoms with Crippen molar-refractivity contribution in [3.63, 3.8) is 0 Å². The molecule has 0 radical (unpaired) electrons. The van der Waals surface area contributed by atoms with Crippen LogP contribution < -0.4 is 0 Å². The van der Waals surface area contributed by atoms with E-state index < -0.39 is 9.84 Å². The van der Waals surface area contributed by atoms with Gasteiger partial charge in [0.2, 0.25) is 0 Å². The topological polar surface area (TPSA) is 54.5 Å². The number of rotatable bonds is 3. The lowest BCUT2D eigenvalue weighted by molar-refractivity contribution is 0.0699. The maximum absolute atomic E-state index is 12.4. The van der Waals surface area contributed by atoms with Gasteiger partial charge in [0.1, 0.15) is 0 Å². The zero-order chi connectivity index (χ0) is 14.8. The van der Waals surface area contributed by atoms with Crippen molar-refractivity contribution in [1.82, 2.24) is 4.90 Å². The van der Waals surface area contributed by atoms with Gasteiger partial charge in [-0.25, -0.2) is 8.42 Å². The Morgan fingerprint density at radius 1 is 1.35 bits per heavy atom. The van der Waals surface area contributed by atoms with Gasteiger partial charge >= 0.3 is 0 Å². The molecule has 1 saturated heterocycles. The van der Waals surface area contributed by atoms with Gasteiger partial charge in [0.25, 0.3) is 5.91 Å². The Morgan fingerprint density at radius 3 is 2.55 bits per heavy atom. The maximum atomic E-state index is 12.4. The van der Waals surface area contributed by atoms with Gasteiger partial charge in [-0.3, -0.25) is 4.79 Å². The van der Waals surface area contributed by atoms with Crippen LogP contribution in [-0.4, -0.2) is 43.9 Å². The number of benzene rings is 1. The van der Waals surface area contributed by atoms with Crippen molar-refractivity contribution >= 4 is 31.7 Å². The van der Waals surface area contributed by atoms with Crippen LogP contribution in [0.15, 0.2) is 29.2 Å². The molecule has 0 N–H and O–H groups in total. The molecular weight excluding hydrogens is 342 g/mol. The standard InChI is InChI=1S/C14H18BrNO3S/c1-20(18,19)13-4-2-3-12(9-13)14(17)16-7-5-11(10-15)6-8-16/h2-4,9,11H,5-8,10H2,1H3. The molecule has 0 aromatic heterocycles. The van der Waals surface area contributed by atoms with Crippen molar-refractivity contribution in [2.24, 2.45) is 5.92 Å². The zero-order valence-corrected chi connectivity index (χ0v) is 13.8. The minimum absolute atomic E-state index is 0.0801. The molecule has 20 heavy (non-hydrogen) atoms. The highest BCUT2D eigenvalue weighted by Gasteiger charge is 2.23. The number of amides is 1. The summed E-state index contributed by atoms with van der Waals surface area (Å²) in [7, 11) is -3.28. The highest BCUT2D eigenvalue weighted by molar-refractivity contribution is 9.09. The third kappa shape index (κ3) is 3.61. The van der Waals surface area contributed by atoms with E-state index in [1.54, 1.807) is 17.0 Å². The first kappa shape index (κ1) is 15.5. The van der Waals surface area contributed by atoms with E-state index in [-0.39, 0.29) is 10.8 Å². The lowest BCUT2D eigenvalue weighted by atomic mass is 9.98. The molecule has 1 aromatic carbocycles. The molecule has 1 amide bonds. The zero-order valence-electron chi connectivity index (χ0n) is 11.4. The van der Waals surface area contributed by atoms with Crippen LogP contribution in [0.3, 0.4) is 0 Å². The van der Waals surface area contributed by atoms with Gasteiger partial charge < -0.3 is 4.90 Å². The van der Waals surface area contributed by atoms with Gasteiger partial charge in [-0.2, -0.15) is 0 Å². The van der Waals surface area contributed by atoms with E-state index in [1.807, 2.05) is 0 Å². The van der Waals surface area contributed by atoms with Crippen molar-refractivity contribution in [1.29, 1.82) is 0 Å². The Kier molecular flexibility index (Phi) is 4.86. The van der Waals surface area contributed by atoms with Crippen LogP contribution in [0, 0.1) is 5.92 Å². The van der Waals surface area contributed by atoms with Crippen LogP contribution in [0.4, 0.5) is 0 Å². The fourth-order valence-electron chi connectivity index (χ4n) is 2.33. The van der Waals surface area contributed by atoms with Crippen molar-refractivity contribution in [2.75, 3.05) is 24.7 Å². The normalized spacial score (nSPS) is 17.2. The van der Waals surface area contributed by atoms with Crippen molar-refractivity contribution < 1.29 is 13.2 Å². The second-order valence-corrected chi connectivity index (χ2v) is 7.85. The van der Waals surface area contributed by atoms with Crippen LogP contribution in [0.5, 0.6) is 0 Å². The summed E-state index contributed by atoms with van der Waals surface area (Å²) in [6, 6.07) is 6.28. The summed E-state index contributed by atoms with van der Waals surface area (Å²) in [6.45, 7) is 1.47. The number of nitrogens with zero attached hydrogens (tertiary/aromatic N) is 1. The fourth-order valence-corrected chi connectivity index (χ4v) is 3.65. The Bertz CT molecular complexity index is 592. The average Bonchev–Trinajstić information content (AvgIpc) is 2.46. The molecule has 1 aliphatic rings. The van der Waals surface area contributed by atoms with Crippen LogP contribution >= 0.6 is 15.9 Å². The van der Waals surface area contributed by atoms with Crippen LogP contribution in [0.2, 0.25) is 0 Å². The monoisotopic (exact) mass is 359 g/mol. The van der Waals surface area contributed by atoms with Gasteiger partial charge in [0, 0.05) is 30.2 Å². The van der Waals surface area contributed by atoms with E-state index in [4.69, 9.17) is 0 Å². The first-order valence-corrected chi connectivity index (χ1v) is 9.58. The van der Waals surface area contributed by atoms with Crippen molar-refractivity contribution in [3.8, 4) is 0 Å². The van der Waals surface area contributed by atoms with Gasteiger partial charge in [-0.1, -0.05) is 22.0 Å². The average molecular weight is 360 g/mol. The molecule has 0 bridgehead atoms. The molecule has 110 valence electrons. The number of carbonyl (C=O) groups excluding carboxylic acids is 1. The number of piperidine rings is 1. The molecule has 6 heteroatoms. The van der Waals surface area contributed by atoms with Crippen LogP contribution in [0.1, 0.15) is 23.2 Å². The molecule has 2 rings (SSSR count). The third-order valence-electron chi connectivity index (χ3n) is 3.63. The predicted molar refractivity (Wildman–Crippen MR) is 82.0 cm³/mol. The Hall–Kier alpha value is -0.880. The van der Waals surface area contributed by atoms with Gasteiger partial charge in [-0.15, -0.1) is 0 Å². The summed E-state index contributed by atoms with van der Waals surface area (Å²) in [4.78, 5) is 14.4. The smallest absolute Gasteiger partial charge is 0.253 e. The molecule has 1 aromatic rings. The first-order chi connectivity index (χ1) is 9.41. The number of carbonyl (C=O) groups is 1. The molecule has 0 aliphatic carbocycles. The van der Waals surface area contributed by atoms with E-state index in [0.29, 0.717) is 11.5 Å². The second kappa shape index (κ2) is 6.26. The molecule has 1 heterocycles. The number of hydrogen-bond donors (Lipinski definition) is 0. The SMILES string of the molecule is CS(=O)(=O)c1cccc(C(=O)N2CCC(CBr)CC2)c1. The molecular formula is C14H18BrNO3S. The van der Waals surface area contributed by atoms with E-state index in [0.717, 1.165) is 37.5 Å². The molecule has 0 atom stereocenters. The third-order valence-corrected chi connectivity index (χ3v) is 5.66. The number of hydrogen-bond acceptors (Lipinski definition) is 3. The highest BCUT2D eigenvalue weighted by atomic mass is 79.9. The Balaban J connectivity index is 2.14. The largest absolute Gasteiger partial charge is 0.339 e.